The molecule has 1 N–H and O–H groups in total. The van der Waals surface area contributed by atoms with Gasteiger partial charge in [0.25, 0.3) is 5.91 Å². The highest BCUT2D eigenvalue weighted by molar-refractivity contribution is 9.10. The number of rotatable bonds is 2. The van der Waals surface area contributed by atoms with Crippen LogP contribution in [0.25, 0.3) is 0 Å². The van der Waals surface area contributed by atoms with Gasteiger partial charge in [-0.1, -0.05) is 6.07 Å². The molecule has 2 aromatic rings. The molecule has 0 heterocycles. The van der Waals surface area contributed by atoms with Crippen molar-refractivity contribution in [2.75, 3.05) is 5.32 Å². The van der Waals surface area contributed by atoms with Gasteiger partial charge in [-0.25, -0.2) is 22.0 Å². The molecule has 21 heavy (non-hydrogen) atoms. The summed E-state index contributed by atoms with van der Waals surface area (Å²) in [5.74, 6) is -9.17. The number of benzene rings is 2. The minimum Gasteiger partial charge on any atom is -0.317 e. The molecule has 0 aromatic heterocycles. The van der Waals surface area contributed by atoms with Crippen molar-refractivity contribution in [1.82, 2.24) is 0 Å². The molecule has 0 radical (unpaired) electrons. The summed E-state index contributed by atoms with van der Waals surface area (Å²) in [4.78, 5) is 11.8. The summed E-state index contributed by atoms with van der Waals surface area (Å²) >= 11 is 2.89. The Hall–Kier alpha value is -1.96. The number of amides is 1. The lowest BCUT2D eigenvalue weighted by atomic mass is 10.2. The van der Waals surface area contributed by atoms with Crippen LogP contribution in [0.15, 0.2) is 28.7 Å². The van der Waals surface area contributed by atoms with Gasteiger partial charge in [-0.2, -0.15) is 0 Å². The highest BCUT2D eigenvalue weighted by Crippen LogP contribution is 2.26. The van der Waals surface area contributed by atoms with Crippen LogP contribution in [0.2, 0.25) is 0 Å². The molecule has 2 aromatic carbocycles. The Morgan fingerprint density at radius 3 is 2.05 bits per heavy atom. The SMILES string of the molecule is O=C(Nc1c(F)c(F)cc(F)c1F)c1c(F)cccc1Br. The van der Waals surface area contributed by atoms with Crippen molar-refractivity contribution in [3.05, 3.63) is 63.4 Å². The standard InChI is InChI=1S/C13H5BrF5NO/c14-5-2-1-3-6(15)9(5)13(21)20-12-10(18)7(16)4-8(17)11(12)19/h1-4H,(H,20,21). The van der Waals surface area contributed by atoms with E-state index in [1.54, 1.807) is 5.32 Å². The highest BCUT2D eigenvalue weighted by Gasteiger charge is 2.23. The number of hydrogen-bond acceptors (Lipinski definition) is 1. The van der Waals surface area contributed by atoms with E-state index >= 15 is 0 Å². The van der Waals surface area contributed by atoms with Gasteiger partial charge in [0.2, 0.25) is 0 Å². The lowest BCUT2D eigenvalue weighted by Gasteiger charge is -2.10. The quantitative estimate of drug-likeness (QED) is 0.620. The molecule has 110 valence electrons. The molecule has 0 saturated heterocycles. The molecular weight excluding hydrogens is 361 g/mol. The number of carbonyl (C=O) groups excluding carboxylic acids is 1. The van der Waals surface area contributed by atoms with E-state index < -0.39 is 46.2 Å². The van der Waals surface area contributed by atoms with E-state index in [-0.39, 0.29) is 10.5 Å². The Balaban J connectivity index is 2.46. The van der Waals surface area contributed by atoms with Crippen LogP contribution in [0.1, 0.15) is 10.4 Å². The van der Waals surface area contributed by atoms with Crippen LogP contribution in [0.5, 0.6) is 0 Å². The number of nitrogens with one attached hydrogen (secondary N) is 1. The van der Waals surface area contributed by atoms with Gasteiger partial charge in [0.15, 0.2) is 23.3 Å². The van der Waals surface area contributed by atoms with Crippen molar-refractivity contribution < 1.29 is 26.7 Å². The third-order valence-electron chi connectivity index (χ3n) is 2.54. The summed E-state index contributed by atoms with van der Waals surface area (Å²) < 4.78 is 66.4. The first-order valence-electron chi connectivity index (χ1n) is 5.41. The molecule has 0 aliphatic rings. The van der Waals surface area contributed by atoms with Crippen LogP contribution in [0.3, 0.4) is 0 Å². The monoisotopic (exact) mass is 365 g/mol. The zero-order valence-corrected chi connectivity index (χ0v) is 11.6. The maximum Gasteiger partial charge on any atom is 0.259 e. The van der Waals surface area contributed by atoms with E-state index in [2.05, 4.69) is 15.9 Å². The molecule has 1 amide bonds. The fourth-order valence-electron chi connectivity index (χ4n) is 1.57. The maximum absolute atomic E-state index is 13.5. The second-order valence-corrected chi connectivity index (χ2v) is 4.75. The second kappa shape index (κ2) is 5.80. The van der Waals surface area contributed by atoms with E-state index in [0.717, 1.165) is 6.07 Å². The molecule has 0 atom stereocenters. The van der Waals surface area contributed by atoms with Crippen LogP contribution in [-0.2, 0) is 0 Å². The van der Waals surface area contributed by atoms with Crippen LogP contribution in [-0.4, -0.2) is 5.91 Å². The Morgan fingerprint density at radius 2 is 1.52 bits per heavy atom. The lowest BCUT2D eigenvalue weighted by molar-refractivity contribution is 0.102. The summed E-state index contributed by atoms with van der Waals surface area (Å²) in [7, 11) is 0. The van der Waals surface area contributed by atoms with E-state index in [4.69, 9.17) is 0 Å². The van der Waals surface area contributed by atoms with E-state index in [1.807, 2.05) is 0 Å². The first-order valence-corrected chi connectivity index (χ1v) is 6.20. The van der Waals surface area contributed by atoms with E-state index in [9.17, 15) is 26.7 Å². The molecule has 0 spiro atoms. The molecule has 0 fully saturated rings. The number of hydrogen-bond donors (Lipinski definition) is 1. The topological polar surface area (TPSA) is 29.1 Å². The predicted octanol–water partition coefficient (Wildman–Crippen LogP) is 4.40. The Morgan fingerprint density at radius 1 is 0.952 bits per heavy atom. The van der Waals surface area contributed by atoms with Gasteiger partial charge < -0.3 is 5.32 Å². The third-order valence-corrected chi connectivity index (χ3v) is 3.20. The fourth-order valence-corrected chi connectivity index (χ4v) is 2.10. The predicted molar refractivity (Wildman–Crippen MR) is 68.3 cm³/mol. The summed E-state index contributed by atoms with van der Waals surface area (Å²) in [5.41, 5.74) is -1.88. The maximum atomic E-state index is 13.5. The molecule has 8 heteroatoms. The average Bonchev–Trinajstić information content (AvgIpc) is 2.41. The van der Waals surface area contributed by atoms with E-state index in [0.29, 0.717) is 0 Å². The smallest absolute Gasteiger partial charge is 0.259 e. The second-order valence-electron chi connectivity index (χ2n) is 3.89. The van der Waals surface area contributed by atoms with Crippen molar-refractivity contribution in [3.8, 4) is 0 Å². The molecule has 2 rings (SSSR count). The molecule has 0 aliphatic carbocycles. The van der Waals surface area contributed by atoms with Crippen LogP contribution in [0, 0.1) is 29.1 Å². The lowest BCUT2D eigenvalue weighted by Crippen LogP contribution is -2.17. The van der Waals surface area contributed by atoms with Gasteiger partial charge in [-0.15, -0.1) is 0 Å². The summed E-state index contributed by atoms with van der Waals surface area (Å²) in [5, 5.41) is 1.62. The van der Waals surface area contributed by atoms with Gasteiger partial charge in [-0.05, 0) is 28.1 Å². The van der Waals surface area contributed by atoms with Crippen molar-refractivity contribution in [2.24, 2.45) is 0 Å². The van der Waals surface area contributed by atoms with Crippen molar-refractivity contribution >= 4 is 27.5 Å². The summed E-state index contributed by atoms with van der Waals surface area (Å²) in [6.45, 7) is 0. The minimum atomic E-state index is -1.78. The van der Waals surface area contributed by atoms with Gasteiger partial charge in [-0.3, -0.25) is 4.79 Å². The summed E-state index contributed by atoms with van der Waals surface area (Å²) in [6.07, 6.45) is 0. The fraction of sp³-hybridized carbons (Fsp3) is 0. The van der Waals surface area contributed by atoms with Gasteiger partial charge in [0.1, 0.15) is 11.5 Å². The van der Waals surface area contributed by atoms with Crippen molar-refractivity contribution in [2.45, 2.75) is 0 Å². The zero-order valence-electron chi connectivity index (χ0n) is 9.99. The first kappa shape index (κ1) is 15.4. The largest absolute Gasteiger partial charge is 0.317 e. The molecule has 0 aliphatic heterocycles. The van der Waals surface area contributed by atoms with Crippen molar-refractivity contribution in [3.63, 3.8) is 0 Å². The number of halogens is 6. The van der Waals surface area contributed by atoms with Crippen LogP contribution < -0.4 is 5.32 Å². The van der Waals surface area contributed by atoms with Crippen LogP contribution in [0.4, 0.5) is 27.6 Å². The zero-order chi connectivity index (χ0) is 15.7. The van der Waals surface area contributed by atoms with E-state index in [1.165, 1.54) is 12.1 Å². The molecular formula is C13H5BrF5NO. The first-order chi connectivity index (χ1) is 9.82. The van der Waals surface area contributed by atoms with Crippen molar-refractivity contribution in [1.29, 1.82) is 0 Å². The molecule has 2 nitrogen and oxygen atoms in total. The Labute approximate surface area is 123 Å². The average molecular weight is 366 g/mol. The number of anilines is 1. The molecule has 0 saturated carbocycles. The number of carbonyl (C=O) groups is 1. The van der Waals surface area contributed by atoms with Gasteiger partial charge in [0, 0.05) is 10.5 Å². The third kappa shape index (κ3) is 2.90. The molecule has 0 unspecified atom stereocenters. The molecule has 0 bridgehead atoms. The Bertz CT molecular complexity index is 688. The highest BCUT2D eigenvalue weighted by atomic mass is 79.9. The van der Waals surface area contributed by atoms with Crippen LogP contribution >= 0.6 is 15.9 Å². The minimum absolute atomic E-state index is 0.000655. The normalized spacial score (nSPS) is 10.6. The Kier molecular flexibility index (Phi) is 4.26. The van der Waals surface area contributed by atoms with Gasteiger partial charge >= 0.3 is 0 Å². The van der Waals surface area contributed by atoms with Gasteiger partial charge in [0.05, 0.1) is 5.56 Å². The summed E-state index contributed by atoms with van der Waals surface area (Å²) in [6, 6.07) is 3.55.